The molecule has 23 heavy (non-hydrogen) atoms. The highest BCUT2D eigenvalue weighted by Gasteiger charge is 2.06. The summed E-state index contributed by atoms with van der Waals surface area (Å²) in [7, 11) is 0. The molecule has 120 valence electrons. The van der Waals surface area contributed by atoms with E-state index in [0.29, 0.717) is 16.3 Å². The fraction of sp³-hybridized carbons (Fsp3) is 0.125. The molecule has 5 nitrogen and oxygen atoms in total. The molecule has 1 amide bonds. The van der Waals surface area contributed by atoms with Crippen molar-refractivity contribution in [2.45, 2.75) is 6.92 Å². The number of rotatable bonds is 5. The number of nitrogens with zero attached hydrogens (tertiary/aromatic N) is 1. The van der Waals surface area contributed by atoms with Gasteiger partial charge in [0.15, 0.2) is 6.61 Å². The van der Waals surface area contributed by atoms with Gasteiger partial charge >= 0.3 is 0 Å². The summed E-state index contributed by atoms with van der Waals surface area (Å²) in [5.74, 6) is -0.00610. The SMILES string of the molecule is Cc1ccc(OCC(=O)NN=Cc2cc(Cl)cc(Cl)c2O)cc1. The van der Waals surface area contributed by atoms with E-state index in [1.807, 2.05) is 19.1 Å². The fourth-order valence-electron chi connectivity index (χ4n) is 1.67. The van der Waals surface area contributed by atoms with Crippen LogP contribution in [0.25, 0.3) is 0 Å². The second kappa shape index (κ2) is 7.85. The molecule has 0 bridgehead atoms. The topological polar surface area (TPSA) is 70.9 Å². The number of hydrazone groups is 1. The molecule has 0 aliphatic rings. The third-order valence-electron chi connectivity index (χ3n) is 2.84. The normalized spacial score (nSPS) is 10.7. The van der Waals surface area contributed by atoms with Crippen LogP contribution in [0.15, 0.2) is 41.5 Å². The van der Waals surface area contributed by atoms with Crippen LogP contribution >= 0.6 is 23.2 Å². The number of amides is 1. The maximum atomic E-state index is 11.6. The smallest absolute Gasteiger partial charge is 0.277 e. The number of carbonyl (C=O) groups excluding carboxylic acids is 1. The number of aryl methyl sites for hydroxylation is 1. The lowest BCUT2D eigenvalue weighted by Crippen LogP contribution is -2.24. The van der Waals surface area contributed by atoms with Crippen LogP contribution in [-0.4, -0.2) is 23.8 Å². The van der Waals surface area contributed by atoms with Gasteiger partial charge in [0, 0.05) is 10.6 Å². The van der Waals surface area contributed by atoms with Crippen molar-refractivity contribution in [3.8, 4) is 11.5 Å². The van der Waals surface area contributed by atoms with Crippen LogP contribution in [0.5, 0.6) is 11.5 Å². The standard InChI is InChI=1S/C16H14Cl2N2O3/c1-10-2-4-13(5-3-10)23-9-15(21)20-19-8-11-6-12(17)7-14(18)16(11)22/h2-8,22H,9H2,1H3,(H,20,21). The number of ether oxygens (including phenoxy) is 1. The summed E-state index contributed by atoms with van der Waals surface area (Å²) < 4.78 is 5.31. The monoisotopic (exact) mass is 352 g/mol. The summed E-state index contributed by atoms with van der Waals surface area (Å²) in [6.07, 6.45) is 1.25. The van der Waals surface area contributed by atoms with E-state index in [1.54, 1.807) is 12.1 Å². The summed E-state index contributed by atoms with van der Waals surface area (Å²) in [6.45, 7) is 1.78. The molecule has 0 aliphatic carbocycles. The van der Waals surface area contributed by atoms with Crippen LogP contribution in [0.4, 0.5) is 0 Å². The molecular formula is C16H14Cl2N2O3. The molecule has 0 aromatic heterocycles. The summed E-state index contributed by atoms with van der Waals surface area (Å²) in [4.78, 5) is 11.6. The zero-order valence-corrected chi connectivity index (χ0v) is 13.7. The molecule has 0 atom stereocenters. The minimum Gasteiger partial charge on any atom is -0.506 e. The number of phenols is 1. The number of phenolic OH excluding ortho intramolecular Hbond substituents is 1. The highest BCUT2D eigenvalue weighted by Crippen LogP contribution is 2.29. The molecule has 0 radical (unpaired) electrons. The lowest BCUT2D eigenvalue weighted by atomic mass is 10.2. The van der Waals surface area contributed by atoms with Crippen molar-refractivity contribution in [1.29, 1.82) is 0 Å². The highest BCUT2D eigenvalue weighted by atomic mass is 35.5. The van der Waals surface area contributed by atoms with Crippen molar-refractivity contribution >= 4 is 35.3 Å². The van der Waals surface area contributed by atoms with Crippen LogP contribution in [0.2, 0.25) is 10.0 Å². The number of hydrogen-bond donors (Lipinski definition) is 2. The fourth-order valence-corrected chi connectivity index (χ4v) is 2.18. The van der Waals surface area contributed by atoms with Gasteiger partial charge in [-0.3, -0.25) is 4.79 Å². The Morgan fingerprint density at radius 3 is 2.70 bits per heavy atom. The molecule has 0 saturated heterocycles. The first-order valence-corrected chi connectivity index (χ1v) is 7.40. The molecule has 2 rings (SSSR count). The molecule has 2 N–H and O–H groups in total. The van der Waals surface area contributed by atoms with E-state index in [9.17, 15) is 9.90 Å². The van der Waals surface area contributed by atoms with Crippen LogP contribution in [-0.2, 0) is 4.79 Å². The maximum Gasteiger partial charge on any atom is 0.277 e. The van der Waals surface area contributed by atoms with Crippen LogP contribution in [0.3, 0.4) is 0 Å². The Bertz CT molecular complexity index is 731. The highest BCUT2D eigenvalue weighted by molar-refractivity contribution is 6.36. The molecule has 7 heteroatoms. The van der Waals surface area contributed by atoms with Crippen molar-refractivity contribution in [3.05, 3.63) is 57.6 Å². The average Bonchev–Trinajstić information content (AvgIpc) is 2.51. The summed E-state index contributed by atoms with van der Waals surface area (Å²) >= 11 is 11.6. The Morgan fingerprint density at radius 1 is 1.30 bits per heavy atom. The zero-order valence-electron chi connectivity index (χ0n) is 12.2. The molecule has 0 saturated carbocycles. The van der Waals surface area contributed by atoms with Gasteiger partial charge in [0.1, 0.15) is 11.5 Å². The van der Waals surface area contributed by atoms with Crippen LogP contribution in [0.1, 0.15) is 11.1 Å². The number of halogens is 2. The van der Waals surface area contributed by atoms with Gasteiger partial charge in [0.05, 0.1) is 11.2 Å². The number of benzene rings is 2. The van der Waals surface area contributed by atoms with Gasteiger partial charge in [-0.05, 0) is 31.2 Å². The van der Waals surface area contributed by atoms with E-state index in [0.717, 1.165) is 5.56 Å². The van der Waals surface area contributed by atoms with Gasteiger partial charge in [-0.1, -0.05) is 40.9 Å². The van der Waals surface area contributed by atoms with Crippen molar-refractivity contribution < 1.29 is 14.6 Å². The van der Waals surface area contributed by atoms with E-state index in [-0.39, 0.29) is 17.4 Å². The summed E-state index contributed by atoms with van der Waals surface area (Å²) in [5.41, 5.74) is 3.68. The Kier molecular flexibility index (Phi) is 5.84. The number of aromatic hydroxyl groups is 1. The quantitative estimate of drug-likeness (QED) is 0.638. The Balaban J connectivity index is 1.88. The lowest BCUT2D eigenvalue weighted by Gasteiger charge is -2.05. The Morgan fingerprint density at radius 2 is 2.00 bits per heavy atom. The molecule has 0 fully saturated rings. The van der Waals surface area contributed by atoms with Crippen LogP contribution in [0, 0.1) is 6.92 Å². The van der Waals surface area contributed by atoms with Crippen molar-refractivity contribution in [2.75, 3.05) is 6.61 Å². The molecule has 2 aromatic carbocycles. The van der Waals surface area contributed by atoms with Gasteiger partial charge in [-0.25, -0.2) is 5.43 Å². The van der Waals surface area contributed by atoms with E-state index < -0.39 is 5.91 Å². The van der Waals surface area contributed by atoms with Crippen molar-refractivity contribution in [1.82, 2.24) is 5.43 Å². The second-order valence-electron chi connectivity index (χ2n) is 4.72. The lowest BCUT2D eigenvalue weighted by molar-refractivity contribution is -0.123. The first-order chi connectivity index (χ1) is 11.0. The largest absolute Gasteiger partial charge is 0.506 e. The minimum atomic E-state index is -0.436. The second-order valence-corrected chi connectivity index (χ2v) is 5.56. The molecule has 2 aromatic rings. The number of hydrogen-bond acceptors (Lipinski definition) is 4. The van der Waals surface area contributed by atoms with E-state index in [1.165, 1.54) is 18.3 Å². The predicted molar refractivity (Wildman–Crippen MR) is 90.5 cm³/mol. The molecular weight excluding hydrogens is 339 g/mol. The Hall–Kier alpha value is -2.24. The van der Waals surface area contributed by atoms with E-state index in [2.05, 4.69) is 10.5 Å². The van der Waals surface area contributed by atoms with Gasteiger partial charge in [-0.15, -0.1) is 0 Å². The minimum absolute atomic E-state index is 0.105. The number of carbonyl (C=O) groups is 1. The van der Waals surface area contributed by atoms with E-state index >= 15 is 0 Å². The zero-order chi connectivity index (χ0) is 16.8. The van der Waals surface area contributed by atoms with Crippen molar-refractivity contribution in [2.24, 2.45) is 5.10 Å². The van der Waals surface area contributed by atoms with Gasteiger partial charge in [0.25, 0.3) is 5.91 Å². The van der Waals surface area contributed by atoms with Crippen molar-refractivity contribution in [3.63, 3.8) is 0 Å². The molecule has 0 heterocycles. The first-order valence-electron chi connectivity index (χ1n) is 6.65. The summed E-state index contributed by atoms with van der Waals surface area (Å²) in [6, 6.07) is 10.2. The third kappa shape index (κ3) is 5.16. The third-order valence-corrected chi connectivity index (χ3v) is 3.35. The van der Waals surface area contributed by atoms with Gasteiger partial charge < -0.3 is 9.84 Å². The van der Waals surface area contributed by atoms with Gasteiger partial charge in [-0.2, -0.15) is 5.10 Å². The Labute approximate surface area is 143 Å². The maximum absolute atomic E-state index is 11.6. The molecule has 0 aliphatic heterocycles. The van der Waals surface area contributed by atoms with E-state index in [4.69, 9.17) is 27.9 Å². The molecule has 0 unspecified atom stereocenters. The van der Waals surface area contributed by atoms with Gasteiger partial charge in [0.2, 0.25) is 0 Å². The number of nitrogens with one attached hydrogen (secondary N) is 1. The summed E-state index contributed by atoms with van der Waals surface area (Å²) in [5, 5.41) is 13.9. The van der Waals surface area contributed by atoms with Crippen LogP contribution < -0.4 is 10.2 Å². The molecule has 0 spiro atoms. The first kappa shape index (κ1) is 17.1. The average molecular weight is 353 g/mol. The predicted octanol–water partition coefficient (Wildman–Crippen LogP) is 3.54.